The smallest absolute Gasteiger partial charge is 0.269 e. The van der Waals surface area contributed by atoms with Crippen molar-refractivity contribution in [3.63, 3.8) is 0 Å². The van der Waals surface area contributed by atoms with Gasteiger partial charge in [0, 0.05) is 22.5 Å². The lowest BCUT2D eigenvalue weighted by Crippen LogP contribution is -2.11. The summed E-state index contributed by atoms with van der Waals surface area (Å²) in [4.78, 5) is 22.4. The number of thiazole rings is 1. The van der Waals surface area contributed by atoms with Crippen LogP contribution in [0.4, 0.5) is 10.8 Å². The molecule has 4 rings (SSSR count). The number of fused-ring (bicyclic) bond motifs is 1. The van der Waals surface area contributed by atoms with Gasteiger partial charge in [0.15, 0.2) is 5.13 Å². The third kappa shape index (κ3) is 3.00. The van der Waals surface area contributed by atoms with Crippen molar-refractivity contribution >= 4 is 49.6 Å². The molecule has 0 aliphatic carbocycles. The molecule has 26 heavy (non-hydrogen) atoms. The SMILES string of the molecule is COc1ccc(-c2ccc3c(N)c(C(=O)Nc4nccs4)sc3n2)cc1. The van der Waals surface area contributed by atoms with Crippen LogP contribution < -0.4 is 15.8 Å². The molecule has 130 valence electrons. The number of nitrogens with zero attached hydrogens (tertiary/aromatic N) is 2. The third-order valence-corrected chi connectivity index (χ3v) is 5.64. The number of rotatable bonds is 4. The van der Waals surface area contributed by atoms with Gasteiger partial charge in [-0.05, 0) is 36.4 Å². The van der Waals surface area contributed by atoms with Gasteiger partial charge < -0.3 is 10.5 Å². The van der Waals surface area contributed by atoms with Crippen molar-refractivity contribution in [2.75, 3.05) is 18.2 Å². The van der Waals surface area contributed by atoms with Crippen LogP contribution in [0.1, 0.15) is 9.67 Å². The van der Waals surface area contributed by atoms with Gasteiger partial charge in [0.1, 0.15) is 15.5 Å². The average molecular weight is 382 g/mol. The number of carbonyl (C=O) groups is 1. The summed E-state index contributed by atoms with van der Waals surface area (Å²) in [6.07, 6.45) is 1.64. The van der Waals surface area contributed by atoms with E-state index in [-0.39, 0.29) is 5.91 Å². The largest absolute Gasteiger partial charge is 0.497 e. The average Bonchev–Trinajstić information content (AvgIpc) is 3.29. The number of hydrogen-bond acceptors (Lipinski definition) is 7. The van der Waals surface area contributed by atoms with Gasteiger partial charge in [-0.15, -0.1) is 22.7 Å². The number of thiophene rings is 1. The van der Waals surface area contributed by atoms with Gasteiger partial charge in [0.25, 0.3) is 5.91 Å². The lowest BCUT2D eigenvalue weighted by Gasteiger charge is -2.03. The molecule has 0 unspecified atom stereocenters. The van der Waals surface area contributed by atoms with Crippen LogP contribution in [0.2, 0.25) is 0 Å². The summed E-state index contributed by atoms with van der Waals surface area (Å²) in [5.41, 5.74) is 8.39. The Bertz CT molecular complexity index is 1070. The van der Waals surface area contributed by atoms with E-state index in [2.05, 4.69) is 15.3 Å². The van der Waals surface area contributed by atoms with Crippen LogP contribution in [0.5, 0.6) is 5.75 Å². The number of anilines is 2. The molecular formula is C18H14N4O2S2. The van der Waals surface area contributed by atoms with Crippen molar-refractivity contribution in [2.45, 2.75) is 0 Å². The van der Waals surface area contributed by atoms with Crippen molar-refractivity contribution in [1.82, 2.24) is 9.97 Å². The van der Waals surface area contributed by atoms with E-state index in [0.29, 0.717) is 15.7 Å². The quantitative estimate of drug-likeness (QED) is 0.550. The minimum absolute atomic E-state index is 0.272. The van der Waals surface area contributed by atoms with Gasteiger partial charge >= 0.3 is 0 Å². The van der Waals surface area contributed by atoms with Gasteiger partial charge in [-0.1, -0.05) is 0 Å². The number of benzene rings is 1. The zero-order chi connectivity index (χ0) is 18.1. The monoisotopic (exact) mass is 382 g/mol. The molecule has 0 saturated carbocycles. The summed E-state index contributed by atoms with van der Waals surface area (Å²) in [6, 6.07) is 11.5. The molecule has 3 aromatic heterocycles. The van der Waals surface area contributed by atoms with Gasteiger partial charge in [-0.25, -0.2) is 9.97 Å². The van der Waals surface area contributed by atoms with Crippen molar-refractivity contribution in [2.24, 2.45) is 0 Å². The Morgan fingerprint density at radius 2 is 2.00 bits per heavy atom. The number of nitrogens with two attached hydrogens (primary N) is 1. The number of methoxy groups -OCH3 is 1. The second kappa shape index (κ2) is 6.74. The van der Waals surface area contributed by atoms with Crippen LogP contribution in [-0.2, 0) is 0 Å². The number of amides is 1. The molecule has 1 amide bonds. The predicted molar refractivity (Wildman–Crippen MR) is 106 cm³/mol. The fourth-order valence-corrected chi connectivity index (χ4v) is 4.04. The first kappa shape index (κ1) is 16.5. The van der Waals surface area contributed by atoms with Crippen LogP contribution >= 0.6 is 22.7 Å². The molecule has 0 spiro atoms. The number of nitrogens with one attached hydrogen (secondary N) is 1. The molecule has 6 nitrogen and oxygen atoms in total. The number of aromatic nitrogens is 2. The van der Waals surface area contributed by atoms with Crippen LogP contribution in [0.3, 0.4) is 0 Å². The molecular weight excluding hydrogens is 368 g/mol. The number of ether oxygens (including phenoxy) is 1. The second-order valence-corrected chi connectivity index (χ2v) is 7.31. The molecule has 0 radical (unpaired) electrons. The predicted octanol–water partition coefficient (Wildman–Crippen LogP) is 4.26. The summed E-state index contributed by atoms with van der Waals surface area (Å²) in [6.45, 7) is 0. The van der Waals surface area contributed by atoms with Crippen LogP contribution in [0.25, 0.3) is 21.5 Å². The van der Waals surface area contributed by atoms with Gasteiger partial charge in [0.2, 0.25) is 0 Å². The van der Waals surface area contributed by atoms with Crippen molar-refractivity contribution in [3.8, 4) is 17.0 Å². The fraction of sp³-hybridized carbons (Fsp3) is 0.0556. The van der Waals surface area contributed by atoms with E-state index in [1.54, 1.807) is 18.7 Å². The van der Waals surface area contributed by atoms with Crippen molar-refractivity contribution in [1.29, 1.82) is 0 Å². The first-order valence-electron chi connectivity index (χ1n) is 7.70. The molecule has 0 bridgehead atoms. The maximum atomic E-state index is 12.5. The molecule has 8 heteroatoms. The summed E-state index contributed by atoms with van der Waals surface area (Å²) in [5, 5.41) is 5.87. The number of pyridine rings is 1. The van der Waals surface area contributed by atoms with Crippen LogP contribution in [-0.4, -0.2) is 23.0 Å². The van der Waals surface area contributed by atoms with Crippen LogP contribution in [0.15, 0.2) is 48.0 Å². The first-order chi connectivity index (χ1) is 12.7. The number of nitrogen functional groups attached to an aromatic ring is 1. The van der Waals surface area contributed by atoms with Gasteiger partial charge in [0.05, 0.1) is 18.5 Å². The van der Waals surface area contributed by atoms with E-state index < -0.39 is 0 Å². The van der Waals surface area contributed by atoms with E-state index in [4.69, 9.17) is 10.5 Å². The zero-order valence-corrected chi connectivity index (χ0v) is 15.4. The number of carbonyl (C=O) groups excluding carboxylic acids is 1. The van der Waals surface area contributed by atoms with E-state index in [1.807, 2.05) is 36.4 Å². The van der Waals surface area contributed by atoms with Gasteiger partial charge in [-0.2, -0.15) is 0 Å². The summed E-state index contributed by atoms with van der Waals surface area (Å²) < 4.78 is 5.18. The minimum atomic E-state index is -0.272. The molecule has 0 atom stereocenters. The summed E-state index contributed by atoms with van der Waals surface area (Å²) >= 11 is 2.63. The first-order valence-corrected chi connectivity index (χ1v) is 9.39. The highest BCUT2D eigenvalue weighted by molar-refractivity contribution is 7.21. The Hall–Kier alpha value is -2.97. The third-order valence-electron chi connectivity index (χ3n) is 3.84. The Labute approximate surface area is 157 Å². The van der Waals surface area contributed by atoms with Crippen molar-refractivity contribution in [3.05, 3.63) is 52.9 Å². The number of hydrogen-bond donors (Lipinski definition) is 2. The molecule has 1 aromatic carbocycles. The van der Waals surface area contributed by atoms with E-state index >= 15 is 0 Å². The van der Waals surface area contributed by atoms with E-state index in [9.17, 15) is 4.79 Å². The molecule has 3 heterocycles. The highest BCUT2D eigenvalue weighted by Crippen LogP contribution is 2.35. The molecule has 0 fully saturated rings. The Kier molecular flexibility index (Phi) is 4.27. The normalized spacial score (nSPS) is 10.8. The topological polar surface area (TPSA) is 90.1 Å². The van der Waals surface area contributed by atoms with E-state index in [0.717, 1.165) is 27.2 Å². The Morgan fingerprint density at radius 1 is 1.19 bits per heavy atom. The highest BCUT2D eigenvalue weighted by Gasteiger charge is 2.18. The minimum Gasteiger partial charge on any atom is -0.497 e. The summed E-state index contributed by atoms with van der Waals surface area (Å²) in [7, 11) is 1.63. The lowest BCUT2D eigenvalue weighted by atomic mass is 10.1. The second-order valence-electron chi connectivity index (χ2n) is 5.41. The molecule has 3 N–H and O–H groups in total. The molecule has 0 saturated heterocycles. The molecule has 0 aliphatic heterocycles. The van der Waals surface area contributed by atoms with Gasteiger partial charge in [-0.3, -0.25) is 10.1 Å². The standard InChI is InChI=1S/C18H14N4O2S2/c1-24-11-4-2-10(3-5-11)13-7-6-12-14(19)15(26-17(12)21-13)16(23)22-18-20-8-9-25-18/h2-9H,19H2,1H3,(H,20,22,23). The fourth-order valence-electron chi connectivity index (χ4n) is 2.53. The molecule has 4 aromatic rings. The van der Waals surface area contributed by atoms with Crippen LogP contribution in [0, 0.1) is 0 Å². The Morgan fingerprint density at radius 3 is 2.69 bits per heavy atom. The zero-order valence-electron chi connectivity index (χ0n) is 13.7. The maximum absolute atomic E-state index is 12.5. The molecule has 0 aliphatic rings. The van der Waals surface area contributed by atoms with E-state index in [1.165, 1.54) is 22.7 Å². The lowest BCUT2D eigenvalue weighted by molar-refractivity contribution is 0.103. The summed E-state index contributed by atoms with van der Waals surface area (Å²) in [5.74, 6) is 0.516. The van der Waals surface area contributed by atoms with Crippen molar-refractivity contribution < 1.29 is 9.53 Å². The maximum Gasteiger partial charge on any atom is 0.269 e. The highest BCUT2D eigenvalue weighted by atomic mass is 32.1. The Balaban J connectivity index is 1.69.